The second-order valence-corrected chi connectivity index (χ2v) is 5.13. The average molecular weight is 206 g/mol. The van der Waals surface area contributed by atoms with Gasteiger partial charge in [-0.3, -0.25) is 0 Å². The molecule has 0 aliphatic carbocycles. The van der Waals surface area contributed by atoms with Gasteiger partial charge in [0, 0.05) is 6.61 Å². The van der Waals surface area contributed by atoms with Crippen LogP contribution in [0.2, 0.25) is 0 Å². The zero-order valence-electron chi connectivity index (χ0n) is 10.2. The minimum absolute atomic E-state index is 0.0186. The quantitative estimate of drug-likeness (QED) is 0.800. The number of aliphatic hydroxyl groups is 1. The van der Waals surface area contributed by atoms with Crippen molar-refractivity contribution in [2.24, 2.45) is 11.3 Å². The molecule has 0 aliphatic rings. The lowest BCUT2D eigenvalue weighted by Crippen LogP contribution is -2.29. The van der Waals surface area contributed by atoms with Gasteiger partial charge in [0.15, 0.2) is 0 Å². The second-order valence-electron chi connectivity index (χ2n) is 5.13. The first-order chi connectivity index (χ1) is 6.99. The third-order valence-corrected chi connectivity index (χ3v) is 3.72. The molecule has 0 aliphatic heterocycles. The summed E-state index contributed by atoms with van der Waals surface area (Å²) in [5.41, 5.74) is 1.33. The first-order valence-corrected chi connectivity index (χ1v) is 5.65. The minimum atomic E-state index is -0.0186. The Labute approximate surface area is 93.1 Å². The predicted octanol–water partition coefficient (Wildman–Crippen LogP) is 3.44. The van der Waals surface area contributed by atoms with Crippen molar-refractivity contribution in [2.45, 2.75) is 33.6 Å². The molecule has 1 aromatic rings. The molecule has 0 saturated heterocycles. The van der Waals surface area contributed by atoms with Crippen molar-refractivity contribution in [3.63, 3.8) is 0 Å². The molecule has 1 nitrogen and oxygen atoms in total. The summed E-state index contributed by atoms with van der Waals surface area (Å²) < 4.78 is 0. The molecule has 1 N–H and O–H groups in total. The van der Waals surface area contributed by atoms with E-state index in [4.69, 9.17) is 0 Å². The van der Waals surface area contributed by atoms with Crippen molar-refractivity contribution in [1.29, 1.82) is 0 Å². The topological polar surface area (TPSA) is 20.2 Å². The Morgan fingerprint density at radius 1 is 1.13 bits per heavy atom. The molecule has 1 aromatic carbocycles. The highest BCUT2D eigenvalue weighted by Gasteiger charge is 2.29. The van der Waals surface area contributed by atoms with E-state index in [-0.39, 0.29) is 12.0 Å². The number of rotatable bonds is 4. The van der Waals surface area contributed by atoms with E-state index >= 15 is 0 Å². The average Bonchev–Trinajstić information content (AvgIpc) is 2.28. The van der Waals surface area contributed by atoms with Gasteiger partial charge in [-0.1, -0.05) is 58.0 Å². The molecule has 0 aromatic heterocycles. The molecule has 0 amide bonds. The molecule has 1 heteroatoms. The van der Waals surface area contributed by atoms with Crippen LogP contribution in [0.4, 0.5) is 0 Å². The van der Waals surface area contributed by atoms with Crippen LogP contribution in [0.1, 0.15) is 39.2 Å². The molecule has 0 bridgehead atoms. The van der Waals surface area contributed by atoms with Crippen LogP contribution in [0.5, 0.6) is 0 Å². The Bertz CT molecular complexity index is 289. The van der Waals surface area contributed by atoms with Crippen LogP contribution in [0, 0.1) is 11.3 Å². The van der Waals surface area contributed by atoms with Gasteiger partial charge < -0.3 is 5.11 Å². The molecule has 0 heterocycles. The van der Waals surface area contributed by atoms with Gasteiger partial charge in [0.2, 0.25) is 0 Å². The van der Waals surface area contributed by atoms with Crippen LogP contribution < -0.4 is 0 Å². The van der Waals surface area contributed by atoms with E-state index in [1.165, 1.54) is 5.56 Å². The van der Waals surface area contributed by atoms with Crippen molar-refractivity contribution in [1.82, 2.24) is 0 Å². The SMILES string of the molecule is C[C@H](c1ccccc1)[C@H](C)C(C)(C)CO. The molecule has 15 heavy (non-hydrogen) atoms. The third-order valence-electron chi connectivity index (χ3n) is 3.72. The van der Waals surface area contributed by atoms with Gasteiger partial charge in [0.25, 0.3) is 0 Å². The van der Waals surface area contributed by atoms with Crippen LogP contribution in [-0.4, -0.2) is 11.7 Å². The molecule has 1 rings (SSSR count). The lowest BCUT2D eigenvalue weighted by Gasteiger charge is -2.34. The van der Waals surface area contributed by atoms with Crippen LogP contribution in [0.3, 0.4) is 0 Å². The summed E-state index contributed by atoms with van der Waals surface area (Å²) in [5.74, 6) is 0.943. The lowest BCUT2D eigenvalue weighted by atomic mass is 9.72. The van der Waals surface area contributed by atoms with Crippen LogP contribution in [0.15, 0.2) is 30.3 Å². The van der Waals surface area contributed by atoms with Crippen LogP contribution in [-0.2, 0) is 0 Å². The summed E-state index contributed by atoms with van der Waals surface area (Å²) in [7, 11) is 0. The van der Waals surface area contributed by atoms with Crippen LogP contribution >= 0.6 is 0 Å². The molecule has 0 unspecified atom stereocenters. The molecular weight excluding hydrogens is 184 g/mol. The standard InChI is InChI=1S/C14H22O/c1-11(12(2)14(3,4)10-15)13-8-6-5-7-9-13/h5-9,11-12,15H,10H2,1-4H3/t11-,12-/m0/s1. The predicted molar refractivity (Wildman–Crippen MR) is 64.9 cm³/mol. The van der Waals surface area contributed by atoms with E-state index in [9.17, 15) is 5.11 Å². The van der Waals surface area contributed by atoms with Crippen LogP contribution in [0.25, 0.3) is 0 Å². The van der Waals surface area contributed by atoms with E-state index in [1.807, 2.05) is 6.07 Å². The highest BCUT2D eigenvalue weighted by Crippen LogP contribution is 2.37. The van der Waals surface area contributed by atoms with Gasteiger partial charge in [-0.2, -0.15) is 0 Å². The normalized spacial score (nSPS) is 16.1. The largest absolute Gasteiger partial charge is 0.396 e. The van der Waals surface area contributed by atoms with Gasteiger partial charge in [0.05, 0.1) is 0 Å². The van der Waals surface area contributed by atoms with Gasteiger partial charge in [-0.15, -0.1) is 0 Å². The van der Waals surface area contributed by atoms with Crippen molar-refractivity contribution >= 4 is 0 Å². The van der Waals surface area contributed by atoms with Crippen molar-refractivity contribution in [3.05, 3.63) is 35.9 Å². The smallest absolute Gasteiger partial charge is 0.0484 e. The Hall–Kier alpha value is -0.820. The number of hydrogen-bond donors (Lipinski definition) is 1. The fraction of sp³-hybridized carbons (Fsp3) is 0.571. The third kappa shape index (κ3) is 2.82. The molecule has 0 spiro atoms. The van der Waals surface area contributed by atoms with Gasteiger partial charge in [0.1, 0.15) is 0 Å². The van der Waals surface area contributed by atoms with Crippen molar-refractivity contribution < 1.29 is 5.11 Å². The Balaban J connectivity index is 2.82. The van der Waals surface area contributed by atoms with E-state index in [2.05, 4.69) is 52.0 Å². The Morgan fingerprint density at radius 2 is 1.67 bits per heavy atom. The van der Waals surface area contributed by atoms with Gasteiger partial charge >= 0.3 is 0 Å². The van der Waals surface area contributed by atoms with E-state index in [0.717, 1.165) is 0 Å². The van der Waals surface area contributed by atoms with Crippen molar-refractivity contribution in [3.8, 4) is 0 Å². The van der Waals surface area contributed by atoms with Gasteiger partial charge in [-0.05, 0) is 22.8 Å². The number of benzene rings is 1. The van der Waals surface area contributed by atoms with E-state index in [0.29, 0.717) is 11.8 Å². The maximum atomic E-state index is 9.36. The summed E-state index contributed by atoms with van der Waals surface area (Å²) in [4.78, 5) is 0. The molecule has 0 radical (unpaired) electrons. The Morgan fingerprint density at radius 3 is 2.13 bits per heavy atom. The fourth-order valence-electron chi connectivity index (χ4n) is 1.87. The fourth-order valence-corrected chi connectivity index (χ4v) is 1.87. The van der Waals surface area contributed by atoms with Crippen molar-refractivity contribution in [2.75, 3.05) is 6.61 Å². The zero-order chi connectivity index (χ0) is 11.5. The van der Waals surface area contributed by atoms with E-state index < -0.39 is 0 Å². The summed E-state index contributed by atoms with van der Waals surface area (Å²) in [6.45, 7) is 8.94. The lowest BCUT2D eigenvalue weighted by molar-refractivity contribution is 0.0927. The molecule has 84 valence electrons. The molecule has 0 fully saturated rings. The summed E-state index contributed by atoms with van der Waals surface area (Å²) in [5, 5.41) is 9.36. The molecule has 2 atom stereocenters. The summed E-state index contributed by atoms with van der Waals surface area (Å²) >= 11 is 0. The highest BCUT2D eigenvalue weighted by molar-refractivity contribution is 5.19. The summed E-state index contributed by atoms with van der Waals surface area (Å²) in [6.07, 6.45) is 0. The summed E-state index contributed by atoms with van der Waals surface area (Å²) in [6, 6.07) is 10.5. The zero-order valence-corrected chi connectivity index (χ0v) is 10.2. The van der Waals surface area contributed by atoms with E-state index in [1.54, 1.807) is 0 Å². The highest BCUT2D eigenvalue weighted by atomic mass is 16.3. The molecule has 0 saturated carbocycles. The maximum Gasteiger partial charge on any atom is 0.0484 e. The minimum Gasteiger partial charge on any atom is -0.396 e. The first-order valence-electron chi connectivity index (χ1n) is 5.65. The Kier molecular flexibility index (Phi) is 3.92. The second kappa shape index (κ2) is 4.80. The number of aliphatic hydroxyl groups excluding tert-OH is 1. The number of hydrogen-bond acceptors (Lipinski definition) is 1. The monoisotopic (exact) mass is 206 g/mol. The van der Waals surface area contributed by atoms with Gasteiger partial charge in [-0.25, -0.2) is 0 Å². The maximum absolute atomic E-state index is 9.36. The first kappa shape index (κ1) is 12.3. The molecular formula is C14H22O.